The van der Waals surface area contributed by atoms with Crippen molar-refractivity contribution in [1.82, 2.24) is 10.2 Å². The number of benzene rings is 3. The molecule has 7 nitrogen and oxygen atoms in total. The lowest BCUT2D eigenvalue weighted by atomic mass is 10.0. The topological polar surface area (TPSA) is 79.9 Å². The number of ether oxygens (including phenoxy) is 2. The van der Waals surface area contributed by atoms with E-state index in [1.165, 1.54) is 7.11 Å². The van der Waals surface area contributed by atoms with Crippen LogP contribution in [0, 0.1) is 0 Å². The zero-order chi connectivity index (χ0) is 22.3. The van der Waals surface area contributed by atoms with Crippen LogP contribution in [0.15, 0.2) is 60.7 Å². The molecule has 1 fully saturated rings. The summed E-state index contributed by atoms with van der Waals surface area (Å²) >= 11 is 0. The lowest BCUT2D eigenvalue weighted by Gasteiger charge is -2.26. The SMILES string of the molecule is COc1cccc(NC(=O)c2cccc3ccccc23)c1C(=O)NCCN1CCOCC1. The Kier molecular flexibility index (Phi) is 6.99. The van der Waals surface area contributed by atoms with Gasteiger partial charge in [-0.3, -0.25) is 14.5 Å². The second-order valence-electron chi connectivity index (χ2n) is 7.57. The van der Waals surface area contributed by atoms with Gasteiger partial charge in [-0.15, -0.1) is 0 Å². The van der Waals surface area contributed by atoms with Crippen LogP contribution in [0.1, 0.15) is 20.7 Å². The van der Waals surface area contributed by atoms with Crippen molar-refractivity contribution in [3.8, 4) is 5.75 Å². The van der Waals surface area contributed by atoms with E-state index in [1.54, 1.807) is 24.3 Å². The molecular weight excluding hydrogens is 406 g/mol. The molecule has 7 heteroatoms. The summed E-state index contributed by atoms with van der Waals surface area (Å²) in [6.45, 7) is 4.37. The van der Waals surface area contributed by atoms with E-state index < -0.39 is 0 Å². The smallest absolute Gasteiger partial charge is 0.257 e. The second-order valence-corrected chi connectivity index (χ2v) is 7.57. The minimum atomic E-state index is -0.288. The zero-order valence-corrected chi connectivity index (χ0v) is 18.1. The maximum Gasteiger partial charge on any atom is 0.257 e. The fourth-order valence-electron chi connectivity index (χ4n) is 3.89. The number of rotatable bonds is 7. The maximum atomic E-state index is 13.1. The first kappa shape index (κ1) is 21.8. The monoisotopic (exact) mass is 433 g/mol. The molecule has 0 bridgehead atoms. The highest BCUT2D eigenvalue weighted by atomic mass is 16.5. The fourth-order valence-corrected chi connectivity index (χ4v) is 3.89. The Morgan fingerprint density at radius 1 is 0.969 bits per heavy atom. The number of amides is 2. The molecule has 4 rings (SSSR count). The van der Waals surface area contributed by atoms with Gasteiger partial charge in [0.15, 0.2) is 0 Å². The highest BCUT2D eigenvalue weighted by Gasteiger charge is 2.20. The van der Waals surface area contributed by atoms with E-state index in [9.17, 15) is 9.59 Å². The first-order valence-corrected chi connectivity index (χ1v) is 10.7. The number of carbonyl (C=O) groups excluding carboxylic acids is 2. The van der Waals surface area contributed by atoms with Crippen LogP contribution in [0.3, 0.4) is 0 Å². The molecule has 1 aliphatic rings. The minimum absolute atomic E-state index is 0.280. The Labute approximate surface area is 187 Å². The number of nitrogens with zero attached hydrogens (tertiary/aromatic N) is 1. The quantitative estimate of drug-likeness (QED) is 0.598. The Bertz CT molecular complexity index is 1100. The molecule has 1 saturated heterocycles. The van der Waals surface area contributed by atoms with Crippen LogP contribution >= 0.6 is 0 Å². The van der Waals surface area contributed by atoms with Gasteiger partial charge in [0.1, 0.15) is 11.3 Å². The summed E-state index contributed by atoms with van der Waals surface area (Å²) in [5.74, 6) is -0.161. The number of methoxy groups -OCH3 is 1. The summed E-state index contributed by atoms with van der Waals surface area (Å²) in [5.41, 5.74) is 1.27. The summed E-state index contributed by atoms with van der Waals surface area (Å²) < 4.78 is 10.8. The first-order chi connectivity index (χ1) is 15.7. The molecule has 3 aromatic carbocycles. The number of fused-ring (bicyclic) bond motifs is 1. The number of hydrogen-bond acceptors (Lipinski definition) is 5. The highest BCUT2D eigenvalue weighted by Crippen LogP contribution is 2.28. The largest absolute Gasteiger partial charge is 0.496 e. The molecule has 3 aromatic rings. The van der Waals surface area contributed by atoms with Crippen molar-refractivity contribution in [2.45, 2.75) is 0 Å². The Hall–Kier alpha value is -3.42. The van der Waals surface area contributed by atoms with E-state index in [-0.39, 0.29) is 11.8 Å². The Morgan fingerprint density at radius 3 is 2.53 bits per heavy atom. The Balaban J connectivity index is 1.52. The van der Waals surface area contributed by atoms with E-state index in [0.717, 1.165) is 30.4 Å². The summed E-state index contributed by atoms with van der Waals surface area (Å²) in [7, 11) is 1.51. The highest BCUT2D eigenvalue weighted by molar-refractivity contribution is 6.15. The first-order valence-electron chi connectivity index (χ1n) is 10.7. The predicted octanol–water partition coefficient (Wildman–Crippen LogP) is 3.16. The number of nitrogens with one attached hydrogen (secondary N) is 2. The van der Waals surface area contributed by atoms with Crippen LogP contribution < -0.4 is 15.4 Å². The molecule has 0 radical (unpaired) electrons. The van der Waals surface area contributed by atoms with Crippen LogP contribution in [-0.4, -0.2) is 63.2 Å². The van der Waals surface area contributed by atoms with Crippen molar-refractivity contribution in [2.24, 2.45) is 0 Å². The maximum absolute atomic E-state index is 13.1. The van der Waals surface area contributed by atoms with Crippen molar-refractivity contribution in [3.63, 3.8) is 0 Å². The van der Waals surface area contributed by atoms with E-state index in [2.05, 4.69) is 15.5 Å². The fraction of sp³-hybridized carbons (Fsp3) is 0.280. The van der Waals surface area contributed by atoms with Crippen LogP contribution in [-0.2, 0) is 4.74 Å². The third kappa shape index (κ3) is 4.90. The minimum Gasteiger partial charge on any atom is -0.496 e. The van der Waals surface area contributed by atoms with Crippen molar-refractivity contribution < 1.29 is 19.1 Å². The molecule has 0 aliphatic carbocycles. The van der Waals surface area contributed by atoms with Crippen LogP contribution in [0.25, 0.3) is 10.8 Å². The van der Waals surface area contributed by atoms with Gasteiger partial charge in [0.25, 0.3) is 11.8 Å². The van der Waals surface area contributed by atoms with Crippen molar-refractivity contribution in [1.29, 1.82) is 0 Å². The summed E-state index contributed by atoms with van der Waals surface area (Å²) in [6, 6.07) is 18.5. The molecule has 32 heavy (non-hydrogen) atoms. The summed E-state index contributed by atoms with van der Waals surface area (Å²) in [4.78, 5) is 28.4. The molecule has 166 valence electrons. The van der Waals surface area contributed by atoms with Gasteiger partial charge >= 0.3 is 0 Å². The number of carbonyl (C=O) groups is 2. The van der Waals surface area contributed by atoms with Gasteiger partial charge in [-0.25, -0.2) is 0 Å². The molecule has 0 saturated carbocycles. The van der Waals surface area contributed by atoms with Gasteiger partial charge in [0.2, 0.25) is 0 Å². The van der Waals surface area contributed by atoms with Gasteiger partial charge in [-0.1, -0.05) is 42.5 Å². The lowest BCUT2D eigenvalue weighted by molar-refractivity contribution is 0.0383. The van der Waals surface area contributed by atoms with Gasteiger partial charge in [-0.2, -0.15) is 0 Å². The number of hydrogen-bond donors (Lipinski definition) is 2. The Morgan fingerprint density at radius 2 is 1.72 bits per heavy atom. The molecule has 0 aromatic heterocycles. The molecule has 0 spiro atoms. The number of morpholine rings is 1. The third-order valence-corrected chi connectivity index (χ3v) is 5.57. The standard InChI is InChI=1S/C25H27N3O4/c1-31-22-11-5-10-21(23(22)25(30)26-12-13-28-14-16-32-17-15-28)27-24(29)20-9-4-7-18-6-2-3-8-19(18)20/h2-11H,12-17H2,1H3,(H,26,30)(H,27,29). The van der Waals surface area contributed by atoms with Crippen LogP contribution in [0.5, 0.6) is 5.75 Å². The van der Waals surface area contributed by atoms with Crippen molar-refractivity contribution in [3.05, 3.63) is 71.8 Å². The molecule has 1 aliphatic heterocycles. The molecule has 1 heterocycles. The summed E-state index contributed by atoms with van der Waals surface area (Å²) in [6.07, 6.45) is 0. The van der Waals surface area contributed by atoms with Gasteiger partial charge in [0, 0.05) is 31.7 Å². The van der Waals surface area contributed by atoms with E-state index in [4.69, 9.17) is 9.47 Å². The van der Waals surface area contributed by atoms with Gasteiger partial charge in [-0.05, 0) is 29.0 Å². The predicted molar refractivity (Wildman–Crippen MR) is 124 cm³/mol. The molecule has 0 unspecified atom stereocenters. The zero-order valence-electron chi connectivity index (χ0n) is 18.1. The number of anilines is 1. The van der Waals surface area contributed by atoms with Gasteiger partial charge < -0.3 is 20.1 Å². The third-order valence-electron chi connectivity index (χ3n) is 5.57. The van der Waals surface area contributed by atoms with Crippen LogP contribution in [0.4, 0.5) is 5.69 Å². The average molecular weight is 434 g/mol. The normalized spacial score (nSPS) is 14.2. The lowest BCUT2D eigenvalue weighted by Crippen LogP contribution is -2.41. The molecular formula is C25H27N3O4. The van der Waals surface area contributed by atoms with E-state index >= 15 is 0 Å². The second kappa shape index (κ2) is 10.3. The summed E-state index contributed by atoms with van der Waals surface area (Å²) in [5, 5.41) is 7.69. The van der Waals surface area contributed by atoms with E-state index in [0.29, 0.717) is 42.3 Å². The molecule has 2 N–H and O–H groups in total. The van der Waals surface area contributed by atoms with Crippen LogP contribution in [0.2, 0.25) is 0 Å². The molecule has 2 amide bonds. The van der Waals surface area contributed by atoms with Crippen molar-refractivity contribution >= 4 is 28.3 Å². The molecule has 0 atom stereocenters. The van der Waals surface area contributed by atoms with E-state index in [1.807, 2.05) is 36.4 Å². The van der Waals surface area contributed by atoms with Crippen molar-refractivity contribution in [2.75, 3.05) is 51.8 Å². The average Bonchev–Trinajstić information content (AvgIpc) is 2.84. The van der Waals surface area contributed by atoms with Gasteiger partial charge in [0.05, 0.1) is 26.0 Å².